The Labute approximate surface area is 135 Å². The van der Waals surface area contributed by atoms with E-state index in [2.05, 4.69) is 15.0 Å². The highest BCUT2D eigenvalue weighted by molar-refractivity contribution is 7.88. The van der Waals surface area contributed by atoms with Gasteiger partial charge in [0.15, 0.2) is 0 Å². The average molecular weight is 334 g/mol. The zero-order valence-electron chi connectivity index (χ0n) is 12.8. The Morgan fingerprint density at radius 1 is 1.26 bits per heavy atom. The molecule has 0 saturated carbocycles. The first-order valence-electron chi connectivity index (χ1n) is 7.38. The summed E-state index contributed by atoms with van der Waals surface area (Å²) in [7, 11) is -3.20. The van der Waals surface area contributed by atoms with Crippen LogP contribution in [0.3, 0.4) is 0 Å². The summed E-state index contributed by atoms with van der Waals surface area (Å²) < 4.78 is 30.8. The molecule has 1 aliphatic heterocycles. The Morgan fingerprint density at radius 2 is 2.09 bits per heavy atom. The van der Waals surface area contributed by atoms with Gasteiger partial charge in [-0.3, -0.25) is 9.97 Å². The van der Waals surface area contributed by atoms with Crippen LogP contribution in [0.4, 0.5) is 0 Å². The molecule has 7 nitrogen and oxygen atoms in total. The first kappa shape index (κ1) is 15.8. The minimum absolute atomic E-state index is 0.0288. The van der Waals surface area contributed by atoms with Gasteiger partial charge in [0.1, 0.15) is 11.4 Å². The van der Waals surface area contributed by atoms with Gasteiger partial charge in [0.25, 0.3) is 0 Å². The van der Waals surface area contributed by atoms with Crippen molar-refractivity contribution in [2.75, 3.05) is 19.3 Å². The van der Waals surface area contributed by atoms with Gasteiger partial charge in [0.05, 0.1) is 12.5 Å². The van der Waals surface area contributed by atoms with Crippen LogP contribution >= 0.6 is 0 Å². The number of hydrogen-bond acceptors (Lipinski definition) is 6. The summed E-state index contributed by atoms with van der Waals surface area (Å²) in [6.07, 6.45) is 9.31. The van der Waals surface area contributed by atoms with Crippen molar-refractivity contribution in [1.29, 1.82) is 0 Å². The second-order valence-electron chi connectivity index (χ2n) is 5.50. The molecule has 0 radical (unpaired) electrons. The molecule has 0 unspecified atom stereocenters. The number of pyridine rings is 1. The molecule has 3 rings (SSSR count). The molecule has 0 aromatic carbocycles. The maximum absolute atomic E-state index is 11.8. The molecule has 2 aromatic heterocycles. The van der Waals surface area contributed by atoms with E-state index >= 15 is 0 Å². The van der Waals surface area contributed by atoms with Gasteiger partial charge in [-0.15, -0.1) is 0 Å². The minimum atomic E-state index is -3.20. The van der Waals surface area contributed by atoms with Gasteiger partial charge in [-0.2, -0.15) is 0 Å². The van der Waals surface area contributed by atoms with Gasteiger partial charge >= 0.3 is 0 Å². The normalized spacial score (nSPS) is 19.4. The molecule has 1 fully saturated rings. The first-order valence-corrected chi connectivity index (χ1v) is 9.23. The Bertz CT molecular complexity index is 767. The number of ether oxygens (including phenoxy) is 1. The van der Waals surface area contributed by atoms with Crippen LogP contribution < -0.4 is 4.74 Å². The molecule has 23 heavy (non-hydrogen) atoms. The predicted octanol–water partition coefficient (Wildman–Crippen LogP) is 1.80. The first-order chi connectivity index (χ1) is 11.0. The molecule has 122 valence electrons. The van der Waals surface area contributed by atoms with Gasteiger partial charge < -0.3 is 4.74 Å². The largest absolute Gasteiger partial charge is 0.436 e. The Kier molecular flexibility index (Phi) is 4.53. The molecule has 0 bridgehead atoms. The Morgan fingerprint density at radius 3 is 2.83 bits per heavy atom. The zero-order chi connectivity index (χ0) is 16.3. The van der Waals surface area contributed by atoms with E-state index in [1.54, 1.807) is 36.9 Å². The van der Waals surface area contributed by atoms with Crippen LogP contribution in [-0.4, -0.2) is 47.0 Å². The van der Waals surface area contributed by atoms with Crippen molar-refractivity contribution in [3.8, 4) is 11.6 Å². The highest BCUT2D eigenvalue weighted by Crippen LogP contribution is 2.32. The monoisotopic (exact) mass is 334 g/mol. The second-order valence-corrected chi connectivity index (χ2v) is 7.48. The number of piperidine rings is 1. The van der Waals surface area contributed by atoms with E-state index in [0.29, 0.717) is 30.4 Å². The fourth-order valence-corrected chi connectivity index (χ4v) is 3.59. The molecule has 8 heteroatoms. The third-order valence-electron chi connectivity index (χ3n) is 3.78. The molecular formula is C15H18N4O3S. The lowest BCUT2D eigenvalue weighted by Crippen LogP contribution is -2.38. The lowest BCUT2D eigenvalue weighted by atomic mass is 9.96. The average Bonchev–Trinajstić information content (AvgIpc) is 2.56. The Balaban J connectivity index is 1.85. The fraction of sp³-hybridized carbons (Fsp3) is 0.400. The minimum Gasteiger partial charge on any atom is -0.436 e. The summed E-state index contributed by atoms with van der Waals surface area (Å²) in [5.74, 6) is 0.949. The summed E-state index contributed by atoms with van der Waals surface area (Å²) in [4.78, 5) is 12.6. The third kappa shape index (κ3) is 3.83. The van der Waals surface area contributed by atoms with Crippen molar-refractivity contribution in [3.05, 3.63) is 42.6 Å². The van der Waals surface area contributed by atoms with E-state index in [0.717, 1.165) is 12.8 Å². The maximum Gasteiger partial charge on any atom is 0.241 e. The summed E-state index contributed by atoms with van der Waals surface area (Å²) >= 11 is 0. The van der Waals surface area contributed by atoms with Crippen LogP contribution in [0.5, 0.6) is 11.6 Å². The zero-order valence-corrected chi connectivity index (χ0v) is 13.6. The maximum atomic E-state index is 11.8. The molecule has 0 amide bonds. The number of rotatable bonds is 4. The standard InChI is InChI=1S/C15H18N4O3S/c1-23(20,21)19-9-3-4-12(11-19)14-15(18-8-7-17-14)22-13-5-2-6-16-10-13/h2,5-8,10,12H,3-4,9,11H2,1H3/t12-/m0/s1. The lowest BCUT2D eigenvalue weighted by molar-refractivity contribution is 0.308. The van der Waals surface area contributed by atoms with Crippen LogP contribution in [0.2, 0.25) is 0 Å². The van der Waals surface area contributed by atoms with Gasteiger partial charge in [-0.05, 0) is 25.0 Å². The van der Waals surface area contributed by atoms with E-state index in [9.17, 15) is 8.42 Å². The highest BCUT2D eigenvalue weighted by atomic mass is 32.2. The van der Waals surface area contributed by atoms with Crippen LogP contribution in [0.1, 0.15) is 24.5 Å². The molecule has 1 aliphatic rings. The molecule has 2 aromatic rings. The van der Waals surface area contributed by atoms with Crippen LogP contribution in [0, 0.1) is 0 Å². The smallest absolute Gasteiger partial charge is 0.241 e. The SMILES string of the molecule is CS(=O)(=O)N1CCC[C@H](c2nccnc2Oc2cccnc2)C1. The van der Waals surface area contributed by atoms with Crippen molar-refractivity contribution in [2.45, 2.75) is 18.8 Å². The summed E-state index contributed by atoms with van der Waals surface area (Å²) in [5.41, 5.74) is 0.685. The van der Waals surface area contributed by atoms with Crippen molar-refractivity contribution >= 4 is 10.0 Å². The highest BCUT2D eigenvalue weighted by Gasteiger charge is 2.30. The molecule has 1 saturated heterocycles. The molecule has 0 N–H and O–H groups in total. The van der Waals surface area contributed by atoms with Crippen molar-refractivity contribution < 1.29 is 13.2 Å². The number of nitrogens with zero attached hydrogens (tertiary/aromatic N) is 4. The number of hydrogen-bond donors (Lipinski definition) is 0. The molecule has 1 atom stereocenters. The van der Waals surface area contributed by atoms with E-state index in [-0.39, 0.29) is 5.92 Å². The molecule has 3 heterocycles. The molecule has 0 spiro atoms. The number of aromatic nitrogens is 3. The Hall–Kier alpha value is -2.06. The van der Waals surface area contributed by atoms with Crippen LogP contribution in [-0.2, 0) is 10.0 Å². The number of sulfonamides is 1. The summed E-state index contributed by atoms with van der Waals surface area (Å²) in [6.45, 7) is 0.954. The summed E-state index contributed by atoms with van der Waals surface area (Å²) in [6, 6.07) is 3.56. The van der Waals surface area contributed by atoms with E-state index in [4.69, 9.17) is 4.74 Å². The van der Waals surface area contributed by atoms with Crippen LogP contribution in [0.25, 0.3) is 0 Å². The summed E-state index contributed by atoms with van der Waals surface area (Å²) in [5, 5.41) is 0. The van der Waals surface area contributed by atoms with Gasteiger partial charge in [-0.1, -0.05) is 0 Å². The van der Waals surface area contributed by atoms with Gasteiger partial charge in [-0.25, -0.2) is 17.7 Å². The van der Waals surface area contributed by atoms with Gasteiger partial charge in [0, 0.05) is 37.6 Å². The van der Waals surface area contributed by atoms with Crippen molar-refractivity contribution in [3.63, 3.8) is 0 Å². The quantitative estimate of drug-likeness (QED) is 0.847. The van der Waals surface area contributed by atoms with E-state index in [1.165, 1.54) is 10.6 Å². The fourth-order valence-electron chi connectivity index (χ4n) is 2.68. The third-order valence-corrected chi connectivity index (χ3v) is 5.05. The second kappa shape index (κ2) is 6.59. The van der Waals surface area contributed by atoms with E-state index in [1.807, 2.05) is 0 Å². The lowest BCUT2D eigenvalue weighted by Gasteiger charge is -2.30. The molecule has 0 aliphatic carbocycles. The predicted molar refractivity (Wildman–Crippen MR) is 84.7 cm³/mol. The van der Waals surface area contributed by atoms with Crippen molar-refractivity contribution in [2.24, 2.45) is 0 Å². The molecular weight excluding hydrogens is 316 g/mol. The van der Waals surface area contributed by atoms with Crippen LogP contribution in [0.15, 0.2) is 36.9 Å². The topological polar surface area (TPSA) is 85.3 Å². The van der Waals surface area contributed by atoms with Crippen molar-refractivity contribution in [1.82, 2.24) is 19.3 Å². The van der Waals surface area contributed by atoms with E-state index < -0.39 is 10.0 Å². The van der Waals surface area contributed by atoms with Gasteiger partial charge in [0.2, 0.25) is 15.9 Å².